The van der Waals surface area contributed by atoms with Gasteiger partial charge in [0.1, 0.15) is 11.6 Å². The van der Waals surface area contributed by atoms with E-state index in [9.17, 15) is 30.8 Å². The zero-order valence-electron chi connectivity index (χ0n) is 19.4. The fraction of sp³-hybridized carbons (Fsp3) is 0.250. The number of amides is 2. The van der Waals surface area contributed by atoms with Crippen LogP contribution in [-0.2, 0) is 16.2 Å². The molecule has 13 heteroatoms. The monoisotopic (exact) mass is 537 g/mol. The van der Waals surface area contributed by atoms with Crippen LogP contribution in [0.4, 0.5) is 39.5 Å². The average molecular weight is 538 g/mol. The van der Waals surface area contributed by atoms with Crippen LogP contribution in [0.2, 0.25) is 0 Å². The van der Waals surface area contributed by atoms with Gasteiger partial charge in [0.2, 0.25) is 10.0 Å². The molecule has 1 aromatic heterocycles. The standard InChI is InChI=1S/C24H23F4N5O3S/c25-18-4-9-21(10-5-18)37(35,36)33-13-1-12-32(14-15-33)22-11-8-20(16-29-22)31-23(34)30-19-6-2-17(3-7-19)24(26,27)28/h2-11,16H,1,12-15H2,(H2,30,31,34). The van der Waals surface area contributed by atoms with Crippen molar-refractivity contribution in [2.75, 3.05) is 41.7 Å². The van der Waals surface area contributed by atoms with Crippen LogP contribution in [0.1, 0.15) is 12.0 Å². The predicted molar refractivity (Wildman–Crippen MR) is 130 cm³/mol. The summed E-state index contributed by atoms with van der Waals surface area (Å²) in [5.74, 6) is 0.0804. The third-order valence-corrected chi connectivity index (χ3v) is 7.62. The second-order valence-corrected chi connectivity index (χ2v) is 10.2. The van der Waals surface area contributed by atoms with Crippen LogP contribution in [0, 0.1) is 5.82 Å². The Morgan fingerprint density at radius 1 is 0.838 bits per heavy atom. The van der Waals surface area contributed by atoms with E-state index in [-0.39, 0.29) is 17.1 Å². The predicted octanol–water partition coefficient (Wildman–Crippen LogP) is 4.78. The van der Waals surface area contributed by atoms with Gasteiger partial charge in [-0.2, -0.15) is 17.5 Å². The van der Waals surface area contributed by atoms with E-state index < -0.39 is 33.6 Å². The second kappa shape index (κ2) is 10.7. The molecule has 2 amide bonds. The highest BCUT2D eigenvalue weighted by molar-refractivity contribution is 7.89. The summed E-state index contributed by atoms with van der Waals surface area (Å²) in [6.07, 6.45) is -2.48. The number of nitrogens with one attached hydrogen (secondary N) is 2. The molecular weight excluding hydrogens is 514 g/mol. The summed E-state index contributed by atoms with van der Waals surface area (Å²) in [7, 11) is -3.75. The van der Waals surface area contributed by atoms with Crippen molar-refractivity contribution in [2.24, 2.45) is 0 Å². The number of hydrogen-bond donors (Lipinski definition) is 2. The van der Waals surface area contributed by atoms with E-state index in [4.69, 9.17) is 0 Å². The van der Waals surface area contributed by atoms with Crippen molar-refractivity contribution in [3.05, 3.63) is 78.2 Å². The molecule has 2 N–H and O–H groups in total. The Labute approximate surface area is 211 Å². The number of aromatic nitrogens is 1. The molecule has 37 heavy (non-hydrogen) atoms. The Bertz CT molecular complexity index is 1330. The van der Waals surface area contributed by atoms with Crippen LogP contribution >= 0.6 is 0 Å². The van der Waals surface area contributed by atoms with Crippen molar-refractivity contribution in [1.29, 1.82) is 0 Å². The highest BCUT2D eigenvalue weighted by atomic mass is 32.2. The minimum atomic E-state index is -4.46. The van der Waals surface area contributed by atoms with E-state index in [1.807, 2.05) is 4.90 Å². The van der Waals surface area contributed by atoms with Gasteiger partial charge in [-0.1, -0.05) is 0 Å². The van der Waals surface area contributed by atoms with E-state index in [2.05, 4.69) is 15.6 Å². The number of rotatable bonds is 5. The molecular formula is C24H23F4N5O3S. The summed E-state index contributed by atoms with van der Waals surface area (Å²) in [4.78, 5) is 18.5. The molecule has 1 aliphatic heterocycles. The molecule has 1 saturated heterocycles. The highest BCUT2D eigenvalue weighted by Crippen LogP contribution is 2.30. The van der Waals surface area contributed by atoms with Gasteiger partial charge in [0, 0.05) is 31.9 Å². The summed E-state index contributed by atoms with van der Waals surface area (Å²) >= 11 is 0. The highest BCUT2D eigenvalue weighted by Gasteiger charge is 2.30. The first-order valence-corrected chi connectivity index (χ1v) is 12.7. The lowest BCUT2D eigenvalue weighted by Crippen LogP contribution is -2.35. The molecule has 0 saturated carbocycles. The number of halogens is 4. The molecule has 1 aliphatic rings. The van der Waals surface area contributed by atoms with Crippen molar-refractivity contribution in [3.8, 4) is 0 Å². The minimum Gasteiger partial charge on any atom is -0.355 e. The van der Waals surface area contributed by atoms with Crippen LogP contribution in [0.5, 0.6) is 0 Å². The lowest BCUT2D eigenvalue weighted by molar-refractivity contribution is -0.137. The van der Waals surface area contributed by atoms with Gasteiger partial charge in [0.05, 0.1) is 22.3 Å². The number of sulfonamides is 1. The van der Waals surface area contributed by atoms with Crippen molar-refractivity contribution in [1.82, 2.24) is 9.29 Å². The molecule has 0 atom stereocenters. The van der Waals surface area contributed by atoms with Crippen molar-refractivity contribution in [2.45, 2.75) is 17.5 Å². The molecule has 4 rings (SSSR count). The van der Waals surface area contributed by atoms with Crippen LogP contribution in [0.15, 0.2) is 71.8 Å². The molecule has 0 aliphatic carbocycles. The first kappa shape index (κ1) is 26.4. The maximum absolute atomic E-state index is 13.2. The van der Waals surface area contributed by atoms with Crippen LogP contribution in [0.25, 0.3) is 0 Å². The summed E-state index contributed by atoms with van der Waals surface area (Å²) in [5.41, 5.74) is -0.258. The van der Waals surface area contributed by atoms with Gasteiger partial charge in [-0.25, -0.2) is 22.6 Å². The van der Waals surface area contributed by atoms with Gasteiger partial charge < -0.3 is 15.5 Å². The smallest absolute Gasteiger partial charge is 0.355 e. The zero-order valence-corrected chi connectivity index (χ0v) is 20.2. The molecule has 8 nitrogen and oxygen atoms in total. The molecule has 0 spiro atoms. The SMILES string of the molecule is O=C(Nc1ccc(C(F)(F)F)cc1)Nc1ccc(N2CCCN(S(=O)(=O)c3ccc(F)cc3)CC2)nc1. The number of urea groups is 1. The Morgan fingerprint density at radius 2 is 1.49 bits per heavy atom. The van der Waals surface area contributed by atoms with Gasteiger partial charge in [0.15, 0.2) is 0 Å². The van der Waals surface area contributed by atoms with Crippen molar-refractivity contribution < 1.29 is 30.8 Å². The molecule has 2 heterocycles. The Balaban J connectivity index is 1.33. The minimum absolute atomic E-state index is 0.0328. The largest absolute Gasteiger partial charge is 0.416 e. The Kier molecular flexibility index (Phi) is 7.64. The van der Waals surface area contributed by atoms with Gasteiger partial charge in [0.25, 0.3) is 0 Å². The van der Waals surface area contributed by atoms with E-state index in [0.29, 0.717) is 37.6 Å². The van der Waals surface area contributed by atoms with E-state index in [0.717, 1.165) is 36.4 Å². The summed E-state index contributed by atoms with van der Waals surface area (Å²) in [5, 5.41) is 5.01. The Hall–Kier alpha value is -3.71. The number of pyridine rings is 1. The van der Waals surface area contributed by atoms with Gasteiger partial charge in [-0.15, -0.1) is 0 Å². The van der Waals surface area contributed by atoms with Crippen molar-refractivity contribution >= 4 is 33.2 Å². The van der Waals surface area contributed by atoms with Crippen molar-refractivity contribution in [3.63, 3.8) is 0 Å². The molecule has 0 radical (unpaired) electrons. The number of carbonyl (C=O) groups excluding carboxylic acids is 1. The topological polar surface area (TPSA) is 94.6 Å². The third-order valence-electron chi connectivity index (χ3n) is 5.71. The molecule has 1 fully saturated rings. The molecule has 0 bridgehead atoms. The molecule has 0 unspecified atom stereocenters. The lowest BCUT2D eigenvalue weighted by atomic mass is 10.2. The van der Waals surface area contributed by atoms with Crippen LogP contribution in [-0.4, -0.2) is 49.9 Å². The molecule has 196 valence electrons. The summed E-state index contributed by atoms with van der Waals surface area (Å²) in [6, 6.07) is 11.4. The summed E-state index contributed by atoms with van der Waals surface area (Å²) < 4.78 is 78.3. The number of anilines is 3. The fourth-order valence-electron chi connectivity index (χ4n) is 3.80. The first-order valence-electron chi connectivity index (χ1n) is 11.2. The third kappa shape index (κ3) is 6.54. The van der Waals surface area contributed by atoms with Gasteiger partial charge >= 0.3 is 12.2 Å². The first-order chi connectivity index (χ1) is 17.5. The fourth-order valence-corrected chi connectivity index (χ4v) is 5.27. The van der Waals surface area contributed by atoms with E-state index in [1.54, 1.807) is 12.1 Å². The maximum atomic E-state index is 13.2. The van der Waals surface area contributed by atoms with Crippen LogP contribution < -0.4 is 15.5 Å². The number of hydrogen-bond acceptors (Lipinski definition) is 5. The number of carbonyl (C=O) groups is 1. The van der Waals surface area contributed by atoms with E-state index in [1.165, 1.54) is 22.6 Å². The Morgan fingerprint density at radius 3 is 2.11 bits per heavy atom. The second-order valence-electron chi connectivity index (χ2n) is 8.26. The van der Waals surface area contributed by atoms with E-state index >= 15 is 0 Å². The number of nitrogens with zero attached hydrogens (tertiary/aromatic N) is 3. The van der Waals surface area contributed by atoms with Gasteiger partial charge in [-0.3, -0.25) is 0 Å². The summed E-state index contributed by atoms with van der Waals surface area (Å²) in [6.45, 7) is 1.47. The molecule has 2 aromatic carbocycles. The molecule has 3 aromatic rings. The number of benzene rings is 2. The maximum Gasteiger partial charge on any atom is 0.416 e. The number of alkyl halides is 3. The average Bonchev–Trinajstić information content (AvgIpc) is 3.12. The lowest BCUT2D eigenvalue weighted by Gasteiger charge is -2.23. The normalized spacial score (nSPS) is 15.2. The quantitative estimate of drug-likeness (QED) is 0.457. The van der Waals surface area contributed by atoms with Gasteiger partial charge in [-0.05, 0) is 67.1 Å². The van der Waals surface area contributed by atoms with Crippen LogP contribution in [0.3, 0.4) is 0 Å². The zero-order chi connectivity index (χ0) is 26.6.